The number of carbonyl (C=O) groups is 1. The highest BCUT2D eigenvalue weighted by atomic mass is 16.5. The molecule has 29 heavy (non-hydrogen) atoms. The van der Waals surface area contributed by atoms with E-state index in [4.69, 9.17) is 9.72 Å². The van der Waals surface area contributed by atoms with Crippen molar-refractivity contribution in [3.8, 4) is 0 Å². The highest BCUT2D eigenvalue weighted by Gasteiger charge is 2.10. The Morgan fingerprint density at radius 2 is 1.72 bits per heavy atom. The summed E-state index contributed by atoms with van der Waals surface area (Å²) < 4.78 is 7.17. The van der Waals surface area contributed by atoms with E-state index in [2.05, 4.69) is 27.8 Å². The van der Waals surface area contributed by atoms with Gasteiger partial charge in [-0.2, -0.15) is 0 Å². The van der Waals surface area contributed by atoms with Crippen molar-refractivity contribution in [1.82, 2.24) is 9.55 Å². The highest BCUT2D eigenvalue weighted by Crippen LogP contribution is 2.19. The zero-order valence-electron chi connectivity index (χ0n) is 16.2. The number of hydrogen-bond donors (Lipinski definition) is 0. The van der Waals surface area contributed by atoms with Crippen LogP contribution in [0.5, 0.6) is 0 Å². The lowest BCUT2D eigenvalue weighted by atomic mass is 10.2. The third kappa shape index (κ3) is 4.24. The molecule has 0 atom stereocenters. The topological polar surface area (TPSA) is 56.5 Å². The number of aliphatic imine (C=N–C) groups is 1. The van der Waals surface area contributed by atoms with Gasteiger partial charge in [0.1, 0.15) is 0 Å². The molecule has 0 N–H and O–H groups in total. The van der Waals surface area contributed by atoms with Gasteiger partial charge in [-0.25, -0.2) is 9.78 Å². The average Bonchev–Trinajstić information content (AvgIpc) is 3.11. The van der Waals surface area contributed by atoms with Crippen LogP contribution in [-0.4, -0.2) is 28.3 Å². The van der Waals surface area contributed by atoms with E-state index in [1.807, 2.05) is 36.4 Å². The van der Waals surface area contributed by atoms with Gasteiger partial charge < -0.3 is 9.30 Å². The van der Waals surface area contributed by atoms with Gasteiger partial charge in [-0.3, -0.25) is 4.99 Å². The number of imidazole rings is 1. The predicted octanol–water partition coefficient (Wildman–Crippen LogP) is 5.01. The lowest BCUT2D eigenvalue weighted by molar-refractivity contribution is 0.0526. The predicted molar refractivity (Wildman–Crippen MR) is 115 cm³/mol. The van der Waals surface area contributed by atoms with Gasteiger partial charge in [0.05, 0.1) is 35.1 Å². The number of aromatic nitrogens is 2. The molecule has 1 heterocycles. The van der Waals surface area contributed by atoms with Crippen LogP contribution in [0.2, 0.25) is 0 Å². The third-order valence-electron chi connectivity index (χ3n) is 4.58. The Labute approximate surface area is 169 Å². The SMILES string of the molecule is CCOC(=O)c1ccc(N=Cc2nc3ccccc3n2Cc2ccccc2)cc1. The van der Waals surface area contributed by atoms with Crippen molar-refractivity contribution in [3.63, 3.8) is 0 Å². The molecule has 0 spiro atoms. The van der Waals surface area contributed by atoms with Crippen molar-refractivity contribution in [1.29, 1.82) is 0 Å². The van der Waals surface area contributed by atoms with E-state index in [-0.39, 0.29) is 5.97 Å². The van der Waals surface area contributed by atoms with Crippen LogP contribution in [0.3, 0.4) is 0 Å². The summed E-state index contributed by atoms with van der Waals surface area (Å²) in [5.74, 6) is 0.456. The van der Waals surface area contributed by atoms with Crippen LogP contribution in [-0.2, 0) is 11.3 Å². The van der Waals surface area contributed by atoms with Gasteiger partial charge in [0, 0.05) is 6.54 Å². The molecule has 144 valence electrons. The molecule has 0 saturated carbocycles. The molecule has 0 bridgehead atoms. The van der Waals surface area contributed by atoms with Crippen LogP contribution in [0.25, 0.3) is 11.0 Å². The number of benzene rings is 3. The van der Waals surface area contributed by atoms with E-state index in [9.17, 15) is 4.79 Å². The van der Waals surface area contributed by atoms with Crippen LogP contribution >= 0.6 is 0 Å². The van der Waals surface area contributed by atoms with Crippen LogP contribution in [0.15, 0.2) is 83.9 Å². The molecule has 4 aromatic rings. The van der Waals surface area contributed by atoms with E-state index in [1.165, 1.54) is 5.56 Å². The number of hydrogen-bond acceptors (Lipinski definition) is 4. The van der Waals surface area contributed by atoms with E-state index >= 15 is 0 Å². The summed E-state index contributed by atoms with van der Waals surface area (Å²) in [7, 11) is 0. The fourth-order valence-corrected chi connectivity index (χ4v) is 3.16. The first-order chi connectivity index (χ1) is 14.2. The minimum atomic E-state index is -0.326. The maximum absolute atomic E-state index is 11.8. The molecule has 5 heteroatoms. The molecular formula is C24H21N3O2. The Hall–Kier alpha value is -3.73. The van der Waals surface area contributed by atoms with E-state index in [0.717, 1.165) is 22.5 Å². The summed E-state index contributed by atoms with van der Waals surface area (Å²) in [5, 5.41) is 0. The number of nitrogens with zero attached hydrogens (tertiary/aromatic N) is 3. The number of ether oxygens (including phenoxy) is 1. The van der Waals surface area contributed by atoms with Crippen LogP contribution in [0.4, 0.5) is 5.69 Å². The fraction of sp³-hybridized carbons (Fsp3) is 0.125. The van der Waals surface area contributed by atoms with Gasteiger partial charge in [-0.1, -0.05) is 42.5 Å². The van der Waals surface area contributed by atoms with Gasteiger partial charge in [0.25, 0.3) is 0 Å². The third-order valence-corrected chi connectivity index (χ3v) is 4.58. The molecule has 0 fully saturated rings. The van der Waals surface area contributed by atoms with Crippen molar-refractivity contribution in [2.75, 3.05) is 6.61 Å². The molecule has 0 unspecified atom stereocenters. The second kappa shape index (κ2) is 8.52. The first-order valence-corrected chi connectivity index (χ1v) is 9.55. The van der Waals surface area contributed by atoms with Crippen molar-refractivity contribution in [2.45, 2.75) is 13.5 Å². The van der Waals surface area contributed by atoms with Crippen molar-refractivity contribution >= 4 is 28.9 Å². The van der Waals surface area contributed by atoms with Gasteiger partial charge in [-0.15, -0.1) is 0 Å². The van der Waals surface area contributed by atoms with Crippen molar-refractivity contribution < 1.29 is 9.53 Å². The Bertz CT molecular complexity index is 1150. The molecule has 4 rings (SSSR count). The Morgan fingerprint density at radius 1 is 1.00 bits per heavy atom. The minimum absolute atomic E-state index is 0.326. The van der Waals surface area contributed by atoms with Gasteiger partial charge >= 0.3 is 5.97 Å². The van der Waals surface area contributed by atoms with Gasteiger partial charge in [0.15, 0.2) is 5.82 Å². The normalized spacial score (nSPS) is 11.2. The van der Waals surface area contributed by atoms with Crippen LogP contribution in [0, 0.1) is 0 Å². The molecule has 1 aromatic heterocycles. The molecular weight excluding hydrogens is 362 g/mol. The molecule has 5 nitrogen and oxygen atoms in total. The average molecular weight is 383 g/mol. The lowest BCUT2D eigenvalue weighted by Gasteiger charge is -2.07. The van der Waals surface area contributed by atoms with E-state index in [0.29, 0.717) is 18.7 Å². The number of fused-ring (bicyclic) bond motifs is 1. The first-order valence-electron chi connectivity index (χ1n) is 9.55. The summed E-state index contributed by atoms with van der Waals surface area (Å²) in [5.41, 5.74) is 4.46. The van der Waals surface area contributed by atoms with E-state index < -0.39 is 0 Å². The smallest absolute Gasteiger partial charge is 0.338 e. The number of para-hydroxylation sites is 2. The maximum Gasteiger partial charge on any atom is 0.338 e. The summed E-state index contributed by atoms with van der Waals surface area (Å²) in [6.45, 7) is 2.86. The summed E-state index contributed by atoms with van der Waals surface area (Å²) in [4.78, 5) is 21.1. The van der Waals surface area contributed by atoms with Crippen molar-refractivity contribution in [3.05, 3.63) is 95.8 Å². The minimum Gasteiger partial charge on any atom is -0.462 e. The lowest BCUT2D eigenvalue weighted by Crippen LogP contribution is -2.04. The molecule has 0 aliphatic rings. The molecule has 3 aromatic carbocycles. The molecule has 0 aliphatic heterocycles. The van der Waals surface area contributed by atoms with Gasteiger partial charge in [0.2, 0.25) is 0 Å². The second-order valence-corrected chi connectivity index (χ2v) is 6.56. The first kappa shape index (κ1) is 18.6. The molecule has 0 saturated heterocycles. The monoisotopic (exact) mass is 383 g/mol. The summed E-state index contributed by atoms with van der Waals surface area (Å²) >= 11 is 0. The second-order valence-electron chi connectivity index (χ2n) is 6.56. The highest BCUT2D eigenvalue weighted by molar-refractivity contribution is 5.90. The number of rotatable bonds is 6. The van der Waals surface area contributed by atoms with Crippen LogP contribution < -0.4 is 0 Å². The van der Waals surface area contributed by atoms with Gasteiger partial charge in [-0.05, 0) is 48.9 Å². The Balaban J connectivity index is 1.63. The zero-order valence-corrected chi connectivity index (χ0v) is 16.2. The van der Waals surface area contributed by atoms with E-state index in [1.54, 1.807) is 37.4 Å². The molecule has 0 amide bonds. The molecule has 0 aliphatic carbocycles. The summed E-state index contributed by atoms with van der Waals surface area (Å²) in [6.07, 6.45) is 1.77. The number of esters is 1. The van der Waals surface area contributed by atoms with Crippen molar-refractivity contribution in [2.24, 2.45) is 4.99 Å². The molecule has 0 radical (unpaired) electrons. The maximum atomic E-state index is 11.8. The standard InChI is InChI=1S/C24H21N3O2/c1-2-29-24(28)19-12-14-20(15-13-19)25-16-23-26-21-10-6-7-11-22(21)27(23)17-18-8-4-3-5-9-18/h3-16H,2,17H2,1H3. The van der Waals surface area contributed by atoms with Crippen LogP contribution in [0.1, 0.15) is 28.7 Å². The summed E-state index contributed by atoms with van der Waals surface area (Å²) in [6, 6.07) is 25.4. The quantitative estimate of drug-likeness (QED) is 0.347. The Kier molecular flexibility index (Phi) is 5.47. The fourth-order valence-electron chi connectivity index (χ4n) is 3.16. The number of carbonyl (C=O) groups excluding carboxylic acids is 1. The largest absolute Gasteiger partial charge is 0.462 e. The Morgan fingerprint density at radius 3 is 2.48 bits per heavy atom. The zero-order chi connectivity index (χ0) is 20.1.